The number of aliphatic hydroxyl groups is 2. The molecule has 1 heterocycles. The van der Waals surface area contributed by atoms with Gasteiger partial charge >= 0.3 is 5.97 Å². The quantitative estimate of drug-likeness (QED) is 0.560. The van der Waals surface area contributed by atoms with E-state index in [1.54, 1.807) is 19.1 Å². The van der Waals surface area contributed by atoms with Gasteiger partial charge in [0.05, 0.1) is 16.9 Å². The van der Waals surface area contributed by atoms with Gasteiger partial charge in [-0.1, -0.05) is 19.1 Å². The van der Waals surface area contributed by atoms with Crippen LogP contribution in [0.25, 0.3) is 0 Å². The molecule has 0 radical (unpaired) electrons. The van der Waals surface area contributed by atoms with Gasteiger partial charge in [-0.25, -0.2) is 0 Å². The lowest BCUT2D eigenvalue weighted by Crippen LogP contribution is -2.68. The molecule has 5 heteroatoms. The van der Waals surface area contributed by atoms with Crippen molar-refractivity contribution >= 4 is 11.8 Å². The molecule has 0 amide bonds. The van der Waals surface area contributed by atoms with E-state index in [0.717, 1.165) is 12.8 Å². The highest BCUT2D eigenvalue weighted by molar-refractivity contribution is 6.08. The van der Waals surface area contributed by atoms with Gasteiger partial charge in [0.2, 0.25) is 5.78 Å². The molecular weight excluding hydrogens is 320 g/mol. The molecule has 4 aliphatic carbocycles. The zero-order valence-electron chi connectivity index (χ0n) is 14.7. The largest absolute Gasteiger partial charge is 0.424 e. The summed E-state index contributed by atoms with van der Waals surface area (Å²) in [5, 5.41) is 23.0. The van der Waals surface area contributed by atoms with E-state index in [9.17, 15) is 19.8 Å². The molecule has 7 atom stereocenters. The standard InChI is InChI=1S/C20H24O5/c1-4-16(2)7-8-19(23)12(10-16)13(21)20(24)14-17(3,15(22)25-20)6-5-11-9-18(11,14)19/h4,10-11,14,23-24H,1,5-9H2,2-3H3/t11-,14-,16-,17-,18?,19+,20+/m0/s1. The van der Waals surface area contributed by atoms with Crippen LogP contribution in [-0.2, 0) is 14.3 Å². The third kappa shape index (κ3) is 1.40. The van der Waals surface area contributed by atoms with Crippen LogP contribution in [0.5, 0.6) is 0 Å². The van der Waals surface area contributed by atoms with Gasteiger partial charge in [-0.05, 0) is 44.9 Å². The number of ether oxygens (including phenoxy) is 1. The van der Waals surface area contributed by atoms with Crippen LogP contribution in [0.1, 0.15) is 46.0 Å². The number of ketones is 1. The van der Waals surface area contributed by atoms with Gasteiger partial charge in [0, 0.05) is 16.4 Å². The molecule has 3 saturated carbocycles. The number of rotatable bonds is 1. The van der Waals surface area contributed by atoms with Crippen molar-refractivity contribution < 1.29 is 24.5 Å². The van der Waals surface area contributed by atoms with E-state index in [0.29, 0.717) is 19.3 Å². The van der Waals surface area contributed by atoms with Gasteiger partial charge in [0.25, 0.3) is 5.79 Å². The van der Waals surface area contributed by atoms with Crippen molar-refractivity contribution in [3.05, 3.63) is 24.3 Å². The fourth-order valence-electron chi connectivity index (χ4n) is 6.69. The number of fused-ring (bicyclic) bond motifs is 1. The second-order valence-corrected chi connectivity index (χ2v) is 9.37. The summed E-state index contributed by atoms with van der Waals surface area (Å²) in [5.74, 6) is -3.73. The van der Waals surface area contributed by atoms with Gasteiger partial charge < -0.3 is 14.9 Å². The van der Waals surface area contributed by atoms with Crippen LogP contribution >= 0.6 is 0 Å². The highest BCUT2D eigenvalue weighted by Crippen LogP contribution is 2.81. The summed E-state index contributed by atoms with van der Waals surface area (Å²) in [6.45, 7) is 7.60. The van der Waals surface area contributed by atoms with Crippen LogP contribution in [0.2, 0.25) is 0 Å². The van der Waals surface area contributed by atoms with Crippen LogP contribution in [0, 0.1) is 28.1 Å². The number of esters is 1. The Hall–Kier alpha value is -1.46. The van der Waals surface area contributed by atoms with Crippen molar-refractivity contribution in [3.63, 3.8) is 0 Å². The normalized spacial score (nSPS) is 58.5. The van der Waals surface area contributed by atoms with Gasteiger partial charge in [-0.3, -0.25) is 9.59 Å². The summed E-state index contributed by atoms with van der Waals surface area (Å²) < 4.78 is 5.36. The first-order valence-corrected chi connectivity index (χ1v) is 9.17. The maximum absolute atomic E-state index is 13.3. The second kappa shape index (κ2) is 3.94. The molecule has 0 aromatic rings. The summed E-state index contributed by atoms with van der Waals surface area (Å²) in [6.07, 6.45) is 6.81. The molecule has 0 aromatic heterocycles. The molecule has 0 bridgehead atoms. The third-order valence-corrected chi connectivity index (χ3v) is 8.17. The van der Waals surface area contributed by atoms with Crippen molar-refractivity contribution in [1.82, 2.24) is 0 Å². The Bertz CT molecular complexity index is 785. The molecule has 1 unspecified atom stereocenters. The van der Waals surface area contributed by atoms with Crippen molar-refractivity contribution in [1.29, 1.82) is 0 Å². The van der Waals surface area contributed by atoms with Crippen LogP contribution in [-0.4, -0.2) is 33.4 Å². The first-order valence-electron chi connectivity index (χ1n) is 9.17. The number of carbonyl (C=O) groups excluding carboxylic acids is 2. The topological polar surface area (TPSA) is 83.8 Å². The molecule has 134 valence electrons. The maximum Gasteiger partial charge on any atom is 0.315 e. The molecule has 4 fully saturated rings. The molecule has 1 aliphatic heterocycles. The smallest absolute Gasteiger partial charge is 0.315 e. The monoisotopic (exact) mass is 344 g/mol. The predicted octanol–water partition coefficient (Wildman–Crippen LogP) is 1.88. The molecule has 5 aliphatic rings. The van der Waals surface area contributed by atoms with Gasteiger partial charge in [0.1, 0.15) is 0 Å². The van der Waals surface area contributed by atoms with Gasteiger partial charge in [-0.2, -0.15) is 0 Å². The van der Waals surface area contributed by atoms with Crippen LogP contribution in [0.3, 0.4) is 0 Å². The van der Waals surface area contributed by atoms with E-state index in [1.807, 2.05) is 6.92 Å². The minimum Gasteiger partial charge on any atom is -0.424 e. The van der Waals surface area contributed by atoms with E-state index in [2.05, 4.69) is 6.58 Å². The summed E-state index contributed by atoms with van der Waals surface area (Å²) in [5.41, 5.74) is -3.02. The number of Topliss-reactive ketones (excluding diaryl/α,β-unsaturated/α-hetero) is 1. The first kappa shape index (κ1) is 15.8. The van der Waals surface area contributed by atoms with Crippen LogP contribution < -0.4 is 0 Å². The number of hydrogen-bond acceptors (Lipinski definition) is 5. The average molecular weight is 344 g/mol. The minimum absolute atomic E-state index is 0.223. The Morgan fingerprint density at radius 1 is 1.24 bits per heavy atom. The van der Waals surface area contributed by atoms with Gasteiger partial charge in [-0.15, -0.1) is 6.58 Å². The van der Waals surface area contributed by atoms with Crippen molar-refractivity contribution in [2.75, 3.05) is 0 Å². The lowest BCUT2D eigenvalue weighted by molar-refractivity contribution is -0.237. The van der Waals surface area contributed by atoms with Crippen molar-refractivity contribution in [2.24, 2.45) is 28.1 Å². The maximum atomic E-state index is 13.3. The fraction of sp³-hybridized carbons (Fsp3) is 0.700. The Labute approximate surface area is 146 Å². The number of carbonyl (C=O) groups is 2. The molecule has 5 nitrogen and oxygen atoms in total. The second-order valence-electron chi connectivity index (χ2n) is 9.37. The van der Waals surface area contributed by atoms with E-state index in [1.165, 1.54) is 0 Å². The predicted molar refractivity (Wildman–Crippen MR) is 88.0 cm³/mol. The Kier molecular flexibility index (Phi) is 2.48. The van der Waals surface area contributed by atoms with E-state index < -0.39 is 45.3 Å². The molecule has 2 N–H and O–H groups in total. The lowest BCUT2D eigenvalue weighted by atomic mass is 9.47. The molecule has 1 spiro atoms. The average Bonchev–Trinajstić information content (AvgIpc) is 3.26. The Morgan fingerprint density at radius 3 is 2.64 bits per heavy atom. The van der Waals surface area contributed by atoms with Crippen molar-refractivity contribution in [2.45, 2.75) is 57.3 Å². The molecular formula is C20H24O5. The molecule has 5 rings (SSSR count). The summed E-state index contributed by atoms with van der Waals surface area (Å²) in [4.78, 5) is 25.9. The van der Waals surface area contributed by atoms with E-state index >= 15 is 0 Å². The highest BCUT2D eigenvalue weighted by Gasteiger charge is 2.87. The Balaban J connectivity index is 1.79. The highest BCUT2D eigenvalue weighted by atomic mass is 16.7. The number of hydrogen-bond donors (Lipinski definition) is 2. The summed E-state index contributed by atoms with van der Waals surface area (Å²) in [7, 11) is 0. The number of allylic oxidation sites excluding steroid dienone is 2. The van der Waals surface area contributed by atoms with Crippen LogP contribution in [0.15, 0.2) is 24.3 Å². The third-order valence-electron chi connectivity index (χ3n) is 8.17. The van der Waals surface area contributed by atoms with E-state index in [-0.39, 0.29) is 11.5 Å². The molecule has 0 aromatic carbocycles. The first-order chi connectivity index (χ1) is 11.6. The van der Waals surface area contributed by atoms with Gasteiger partial charge in [0.15, 0.2) is 0 Å². The Morgan fingerprint density at radius 2 is 1.96 bits per heavy atom. The fourth-order valence-corrected chi connectivity index (χ4v) is 6.69. The summed E-state index contributed by atoms with van der Waals surface area (Å²) >= 11 is 0. The summed E-state index contributed by atoms with van der Waals surface area (Å²) in [6, 6.07) is 0. The zero-order valence-corrected chi connectivity index (χ0v) is 14.7. The zero-order chi connectivity index (χ0) is 18.0. The van der Waals surface area contributed by atoms with Crippen LogP contribution in [0.4, 0.5) is 0 Å². The van der Waals surface area contributed by atoms with Crippen molar-refractivity contribution in [3.8, 4) is 0 Å². The SMILES string of the molecule is C=C[C@]1(C)C=C2C(=O)[C@@]3(O)OC(=O)[C@@]4(C)CC[C@H]5CC5([C@H]43)[C@@]2(O)CC1. The lowest BCUT2D eigenvalue weighted by Gasteiger charge is -2.56. The van der Waals surface area contributed by atoms with E-state index in [4.69, 9.17) is 4.74 Å². The molecule has 25 heavy (non-hydrogen) atoms. The minimum atomic E-state index is -2.14. The molecule has 1 saturated heterocycles.